The summed E-state index contributed by atoms with van der Waals surface area (Å²) in [4.78, 5) is 10.4. The first-order chi connectivity index (χ1) is 14.9. The number of benzene rings is 2. The average Bonchev–Trinajstić information content (AvgIpc) is 2.93. The van der Waals surface area contributed by atoms with E-state index in [1.54, 1.807) is 18.2 Å². The number of halogens is 4. The van der Waals surface area contributed by atoms with E-state index in [0.29, 0.717) is 42.2 Å². The van der Waals surface area contributed by atoms with Gasteiger partial charge in [0, 0.05) is 11.5 Å². The number of rotatable bonds is 6. The average molecular weight is 536 g/mol. The lowest BCUT2D eigenvalue weighted by Crippen LogP contribution is -2.32. The molecule has 0 amide bonds. The molecule has 11 heteroatoms. The van der Waals surface area contributed by atoms with Crippen LogP contribution in [0, 0.1) is 0 Å². The van der Waals surface area contributed by atoms with Gasteiger partial charge in [0.15, 0.2) is 6.61 Å². The van der Waals surface area contributed by atoms with Crippen molar-refractivity contribution in [2.75, 3.05) is 13.7 Å². The van der Waals surface area contributed by atoms with Crippen molar-refractivity contribution in [2.24, 2.45) is 0 Å². The maximum Gasteiger partial charge on any atom is 0.416 e. The molecule has 3 rings (SSSR count). The Kier molecular flexibility index (Phi) is 7.21. The number of carbonyl (C=O) groups is 1. The van der Waals surface area contributed by atoms with Crippen molar-refractivity contribution in [3.63, 3.8) is 0 Å². The third kappa shape index (κ3) is 5.26. The number of ether oxygens (including phenoxy) is 1. The van der Waals surface area contributed by atoms with Gasteiger partial charge < -0.3 is 9.84 Å². The Morgan fingerprint density at radius 3 is 2.62 bits per heavy atom. The zero-order valence-electron chi connectivity index (χ0n) is 17.0. The molecule has 0 aliphatic heterocycles. The minimum atomic E-state index is -4.70. The number of hydrogen-bond acceptors (Lipinski definition) is 4. The molecule has 1 aliphatic carbocycles. The largest absolute Gasteiger partial charge is 0.482 e. The van der Waals surface area contributed by atoms with E-state index in [-0.39, 0.29) is 4.47 Å². The van der Waals surface area contributed by atoms with Crippen LogP contribution in [0.25, 0.3) is 0 Å². The molecule has 0 fully saturated rings. The van der Waals surface area contributed by atoms with Gasteiger partial charge >= 0.3 is 12.1 Å². The number of carboxylic acid groups (broad SMARTS) is 1. The molecule has 6 nitrogen and oxygen atoms in total. The molecule has 0 spiro atoms. The standard InChI is InChI=1S/C21H21BrF3NO5S/c1-26(32(29,30)15-10-13(21(23,24)25)9-14(22)11-15)18-7-3-2-5-17-16(18)6-4-8-19(17)31-12-20(27)28/h4,6,8-11,18H,2-3,5,7,12H2,1H3,(H,27,28). The van der Waals surface area contributed by atoms with Crippen LogP contribution in [0.1, 0.15) is 42.0 Å². The number of alkyl halides is 3. The highest BCUT2D eigenvalue weighted by Crippen LogP contribution is 2.40. The van der Waals surface area contributed by atoms with Crippen LogP contribution in [-0.4, -0.2) is 37.5 Å². The van der Waals surface area contributed by atoms with Crippen LogP contribution in [0.2, 0.25) is 0 Å². The maximum atomic E-state index is 13.3. The lowest BCUT2D eigenvalue weighted by Gasteiger charge is -2.29. The van der Waals surface area contributed by atoms with Crippen molar-refractivity contribution >= 4 is 31.9 Å². The number of sulfonamides is 1. The van der Waals surface area contributed by atoms with E-state index < -0.39 is 45.3 Å². The summed E-state index contributed by atoms with van der Waals surface area (Å²) in [5.41, 5.74) is 0.301. The van der Waals surface area contributed by atoms with Crippen LogP contribution in [0.3, 0.4) is 0 Å². The zero-order chi connectivity index (χ0) is 23.7. The van der Waals surface area contributed by atoms with Gasteiger partial charge in [-0.15, -0.1) is 0 Å². The normalized spacial score (nSPS) is 17.0. The molecule has 1 aliphatic rings. The fourth-order valence-electron chi connectivity index (χ4n) is 3.82. The Morgan fingerprint density at radius 2 is 1.97 bits per heavy atom. The van der Waals surface area contributed by atoms with Gasteiger partial charge in [0.25, 0.3) is 0 Å². The molecule has 1 unspecified atom stereocenters. The van der Waals surface area contributed by atoms with Crippen molar-refractivity contribution in [1.82, 2.24) is 4.31 Å². The Labute approximate surface area is 192 Å². The van der Waals surface area contributed by atoms with Gasteiger partial charge in [-0.1, -0.05) is 34.5 Å². The van der Waals surface area contributed by atoms with Crippen molar-refractivity contribution in [3.8, 4) is 5.75 Å². The van der Waals surface area contributed by atoms with E-state index in [4.69, 9.17) is 9.84 Å². The molecule has 32 heavy (non-hydrogen) atoms. The van der Waals surface area contributed by atoms with Crippen LogP contribution >= 0.6 is 15.9 Å². The molecular formula is C21H21BrF3NO5S. The molecule has 0 heterocycles. The van der Waals surface area contributed by atoms with Crippen LogP contribution in [-0.2, 0) is 27.4 Å². The molecule has 0 saturated carbocycles. The van der Waals surface area contributed by atoms with Crippen molar-refractivity contribution in [3.05, 3.63) is 57.6 Å². The highest BCUT2D eigenvalue weighted by Gasteiger charge is 2.36. The Balaban J connectivity index is 2.03. The fraction of sp³-hybridized carbons (Fsp3) is 0.381. The van der Waals surface area contributed by atoms with E-state index in [2.05, 4.69) is 15.9 Å². The number of aliphatic carboxylic acids is 1. The van der Waals surface area contributed by atoms with Crippen LogP contribution in [0.4, 0.5) is 13.2 Å². The second-order valence-electron chi connectivity index (χ2n) is 7.46. The number of hydrogen-bond donors (Lipinski definition) is 1. The van der Waals surface area contributed by atoms with Crippen molar-refractivity contribution < 1.29 is 36.2 Å². The summed E-state index contributed by atoms with van der Waals surface area (Å²) in [6, 6.07) is 6.97. The molecule has 0 saturated heterocycles. The maximum absolute atomic E-state index is 13.3. The highest BCUT2D eigenvalue weighted by molar-refractivity contribution is 9.10. The molecule has 174 valence electrons. The van der Waals surface area contributed by atoms with E-state index in [0.717, 1.165) is 22.9 Å². The van der Waals surface area contributed by atoms with Gasteiger partial charge in [-0.2, -0.15) is 17.5 Å². The molecule has 1 N–H and O–H groups in total. The van der Waals surface area contributed by atoms with E-state index in [1.165, 1.54) is 7.05 Å². The third-order valence-electron chi connectivity index (χ3n) is 5.35. The molecule has 0 aromatic heterocycles. The summed E-state index contributed by atoms with van der Waals surface area (Å²) in [7, 11) is -2.93. The van der Waals surface area contributed by atoms with Gasteiger partial charge in [-0.3, -0.25) is 0 Å². The third-order valence-corrected chi connectivity index (χ3v) is 7.65. The van der Waals surface area contributed by atoms with Gasteiger partial charge in [0.05, 0.1) is 16.5 Å². The predicted octanol–water partition coefficient (Wildman–Crippen LogP) is 5.02. The second-order valence-corrected chi connectivity index (χ2v) is 10.4. The zero-order valence-corrected chi connectivity index (χ0v) is 19.4. The summed E-state index contributed by atoms with van der Waals surface area (Å²) in [6.07, 6.45) is -2.24. The van der Waals surface area contributed by atoms with E-state index in [1.807, 2.05) is 0 Å². The number of nitrogens with zero attached hydrogens (tertiary/aromatic N) is 1. The smallest absolute Gasteiger partial charge is 0.416 e. The minimum Gasteiger partial charge on any atom is -0.482 e. The van der Waals surface area contributed by atoms with Crippen LogP contribution in [0.15, 0.2) is 45.8 Å². The van der Waals surface area contributed by atoms with Gasteiger partial charge in [-0.25, -0.2) is 13.2 Å². The summed E-state index contributed by atoms with van der Waals surface area (Å²) in [6.45, 7) is -0.534. The van der Waals surface area contributed by atoms with Crippen LogP contribution in [0.5, 0.6) is 5.75 Å². The molecule has 0 bridgehead atoms. The molecular weight excluding hydrogens is 515 g/mol. The molecule has 1 atom stereocenters. The lowest BCUT2D eigenvalue weighted by molar-refractivity contribution is -0.139. The molecule has 2 aromatic rings. The lowest BCUT2D eigenvalue weighted by atomic mass is 9.98. The van der Waals surface area contributed by atoms with E-state index in [9.17, 15) is 26.4 Å². The van der Waals surface area contributed by atoms with Crippen molar-refractivity contribution in [1.29, 1.82) is 0 Å². The predicted molar refractivity (Wildman–Crippen MR) is 114 cm³/mol. The Morgan fingerprint density at radius 1 is 1.25 bits per heavy atom. The highest BCUT2D eigenvalue weighted by atomic mass is 79.9. The SMILES string of the molecule is CN(C1CCCCc2c(OCC(=O)O)cccc21)S(=O)(=O)c1cc(Br)cc(C(F)(F)F)c1. The minimum absolute atomic E-state index is 0.00456. The van der Waals surface area contributed by atoms with Gasteiger partial charge in [-0.05, 0) is 54.7 Å². The first kappa shape index (κ1) is 24.5. The topological polar surface area (TPSA) is 83.9 Å². The van der Waals surface area contributed by atoms with Gasteiger partial charge in [0.2, 0.25) is 10.0 Å². The Bertz CT molecular complexity index is 1120. The monoisotopic (exact) mass is 535 g/mol. The quantitative estimate of drug-likeness (QED) is 0.525. The summed E-state index contributed by atoms with van der Waals surface area (Å²) >= 11 is 2.97. The Hall–Kier alpha value is -2.11. The first-order valence-electron chi connectivity index (χ1n) is 9.73. The fourth-order valence-corrected chi connectivity index (χ4v) is 5.90. The first-order valence-corrected chi connectivity index (χ1v) is 12.0. The molecule has 0 radical (unpaired) electrons. The second kappa shape index (κ2) is 9.40. The van der Waals surface area contributed by atoms with E-state index >= 15 is 0 Å². The van der Waals surface area contributed by atoms with Crippen molar-refractivity contribution in [2.45, 2.75) is 42.8 Å². The summed E-state index contributed by atoms with van der Waals surface area (Å²) in [5, 5.41) is 8.91. The van der Waals surface area contributed by atoms with Gasteiger partial charge in [0.1, 0.15) is 5.75 Å². The number of carboxylic acids is 1. The van der Waals surface area contributed by atoms with Crippen LogP contribution < -0.4 is 4.74 Å². The molecule has 2 aromatic carbocycles. The number of fused-ring (bicyclic) bond motifs is 1. The summed E-state index contributed by atoms with van der Waals surface area (Å²) in [5.74, 6) is -0.771. The summed E-state index contributed by atoms with van der Waals surface area (Å²) < 4.78 is 72.8.